The molecule has 0 amide bonds. The number of hydrogen-bond acceptors (Lipinski definition) is 3. The molecule has 0 aliphatic carbocycles. The molecular weight excluding hydrogens is 98.1 g/mol. The second-order valence-electron chi connectivity index (χ2n) is 1.36. The maximum Gasteiger partial charge on any atom is 0.0500 e. The van der Waals surface area contributed by atoms with E-state index in [1.165, 1.54) is 0 Å². The molecule has 0 unspecified atom stereocenters. The topological polar surface area (TPSA) is 32.3 Å². The lowest BCUT2D eigenvalue weighted by Crippen LogP contribution is -2.37. The molecule has 3 heteroatoms. The summed E-state index contributed by atoms with van der Waals surface area (Å²) in [6.45, 7) is 0. The monoisotopic (exact) mass is 105 g/mol. The molecule has 1 saturated heterocycles. The Morgan fingerprint density at radius 3 is 2.33 bits per heavy atom. The van der Waals surface area contributed by atoms with Crippen LogP contribution in [0.2, 0.25) is 0 Å². The van der Waals surface area contributed by atoms with Crippen molar-refractivity contribution in [3.8, 4) is 0 Å². The van der Waals surface area contributed by atoms with Crippen molar-refractivity contribution in [3.63, 3.8) is 0 Å². The van der Waals surface area contributed by atoms with Gasteiger partial charge in [0, 0.05) is 11.5 Å². The van der Waals surface area contributed by atoms with Crippen LogP contribution in [0.4, 0.5) is 0 Å². The highest BCUT2D eigenvalue weighted by Crippen LogP contribution is 2.15. The highest BCUT2D eigenvalue weighted by Gasteiger charge is 2.15. The van der Waals surface area contributed by atoms with Gasteiger partial charge in [0.25, 0.3) is 0 Å². The van der Waals surface area contributed by atoms with Crippen molar-refractivity contribution in [2.75, 3.05) is 11.5 Å². The molecule has 2 N–H and O–H groups in total. The van der Waals surface area contributed by atoms with Crippen molar-refractivity contribution >= 4 is 11.8 Å². The van der Waals surface area contributed by atoms with Gasteiger partial charge in [0.05, 0.1) is 6.04 Å². The zero-order valence-corrected chi connectivity index (χ0v) is 4.16. The highest BCUT2D eigenvalue weighted by atomic mass is 32.2. The van der Waals surface area contributed by atoms with E-state index in [0.29, 0.717) is 6.04 Å². The van der Waals surface area contributed by atoms with Crippen LogP contribution in [-0.4, -0.2) is 22.8 Å². The van der Waals surface area contributed by atoms with Gasteiger partial charge < -0.3 is 5.21 Å². The first-order chi connectivity index (χ1) is 2.93. The minimum atomic E-state index is 0.384. The molecule has 0 radical (unpaired) electrons. The van der Waals surface area contributed by atoms with Crippen LogP contribution in [0.25, 0.3) is 0 Å². The molecule has 0 aromatic rings. The van der Waals surface area contributed by atoms with Gasteiger partial charge in [0.15, 0.2) is 0 Å². The third kappa shape index (κ3) is 0.668. The van der Waals surface area contributed by atoms with Gasteiger partial charge in [0.2, 0.25) is 0 Å². The first kappa shape index (κ1) is 4.43. The van der Waals surface area contributed by atoms with Gasteiger partial charge in [-0.2, -0.15) is 11.8 Å². The summed E-state index contributed by atoms with van der Waals surface area (Å²) < 4.78 is 0. The van der Waals surface area contributed by atoms with E-state index >= 15 is 0 Å². The van der Waals surface area contributed by atoms with Crippen LogP contribution in [0.3, 0.4) is 0 Å². The maximum absolute atomic E-state index is 8.12. The zero-order chi connectivity index (χ0) is 4.41. The van der Waals surface area contributed by atoms with Crippen molar-refractivity contribution in [2.24, 2.45) is 0 Å². The summed E-state index contributed by atoms with van der Waals surface area (Å²) in [5.74, 6) is 2.13. The van der Waals surface area contributed by atoms with Gasteiger partial charge in [0.1, 0.15) is 0 Å². The lowest BCUT2D eigenvalue weighted by Gasteiger charge is -2.21. The van der Waals surface area contributed by atoms with Crippen molar-refractivity contribution in [2.45, 2.75) is 6.04 Å². The molecule has 0 aromatic carbocycles. The highest BCUT2D eigenvalue weighted by molar-refractivity contribution is 8.00. The van der Waals surface area contributed by atoms with Crippen molar-refractivity contribution in [1.29, 1.82) is 0 Å². The standard InChI is InChI=1S/C3H7NOS/c5-4-3-1-6-2-3/h3-5H,1-2H2. The van der Waals surface area contributed by atoms with Crippen LogP contribution in [0, 0.1) is 0 Å². The first-order valence-corrected chi connectivity index (χ1v) is 3.06. The molecule has 0 spiro atoms. The van der Waals surface area contributed by atoms with Gasteiger partial charge in [-0.15, -0.1) is 0 Å². The summed E-state index contributed by atoms with van der Waals surface area (Å²) in [5, 5.41) is 8.12. The van der Waals surface area contributed by atoms with E-state index in [9.17, 15) is 0 Å². The number of thioether (sulfide) groups is 1. The Morgan fingerprint density at radius 2 is 2.33 bits per heavy atom. The molecule has 36 valence electrons. The van der Waals surface area contributed by atoms with E-state index in [1.54, 1.807) is 0 Å². The molecule has 1 heterocycles. The summed E-state index contributed by atoms with van der Waals surface area (Å²) in [5.41, 5.74) is 2.18. The minimum Gasteiger partial charge on any atom is -0.316 e. The Kier molecular flexibility index (Phi) is 1.34. The van der Waals surface area contributed by atoms with E-state index in [4.69, 9.17) is 5.21 Å². The molecule has 6 heavy (non-hydrogen) atoms. The Morgan fingerprint density at radius 1 is 1.67 bits per heavy atom. The average Bonchev–Trinajstić information content (AvgIpc) is 1.31. The Labute approximate surface area is 40.9 Å². The molecule has 1 aliphatic heterocycles. The summed E-state index contributed by atoms with van der Waals surface area (Å²) in [6.07, 6.45) is 0. The van der Waals surface area contributed by atoms with E-state index < -0.39 is 0 Å². The minimum absolute atomic E-state index is 0.384. The number of rotatable bonds is 1. The largest absolute Gasteiger partial charge is 0.316 e. The van der Waals surface area contributed by atoms with Crippen LogP contribution in [-0.2, 0) is 0 Å². The van der Waals surface area contributed by atoms with Gasteiger partial charge in [-0.05, 0) is 0 Å². The Balaban J connectivity index is 2.01. The lowest BCUT2D eigenvalue weighted by molar-refractivity contribution is 0.139. The third-order valence-electron chi connectivity index (χ3n) is 0.821. The number of hydroxylamine groups is 1. The maximum atomic E-state index is 8.12. The van der Waals surface area contributed by atoms with Crippen LogP contribution >= 0.6 is 11.8 Å². The number of hydrogen-bond donors (Lipinski definition) is 2. The van der Waals surface area contributed by atoms with E-state index in [1.807, 2.05) is 11.8 Å². The SMILES string of the molecule is ONC1CSC1. The summed E-state index contributed by atoms with van der Waals surface area (Å²) in [4.78, 5) is 0. The fourth-order valence-electron chi connectivity index (χ4n) is 0.310. The van der Waals surface area contributed by atoms with Crippen molar-refractivity contribution < 1.29 is 5.21 Å². The smallest absolute Gasteiger partial charge is 0.0500 e. The quantitative estimate of drug-likeness (QED) is 0.463. The fourth-order valence-corrected chi connectivity index (χ4v) is 0.931. The lowest BCUT2D eigenvalue weighted by atomic mass is 10.4. The summed E-state index contributed by atoms with van der Waals surface area (Å²) in [6, 6.07) is 0.384. The Hall–Kier alpha value is 0.270. The van der Waals surface area contributed by atoms with E-state index in [2.05, 4.69) is 5.48 Å². The molecule has 1 rings (SSSR count). The summed E-state index contributed by atoms with van der Waals surface area (Å²) >= 11 is 1.85. The van der Waals surface area contributed by atoms with Gasteiger partial charge in [-0.3, -0.25) is 0 Å². The van der Waals surface area contributed by atoms with Crippen LogP contribution in [0.15, 0.2) is 0 Å². The summed E-state index contributed by atoms with van der Waals surface area (Å²) in [7, 11) is 0. The molecule has 1 fully saturated rings. The molecule has 2 nitrogen and oxygen atoms in total. The second kappa shape index (κ2) is 1.82. The Bertz CT molecular complexity index is 43.3. The average molecular weight is 105 g/mol. The van der Waals surface area contributed by atoms with Gasteiger partial charge >= 0.3 is 0 Å². The van der Waals surface area contributed by atoms with Gasteiger partial charge in [-0.25, -0.2) is 5.48 Å². The number of nitrogens with one attached hydrogen (secondary N) is 1. The zero-order valence-electron chi connectivity index (χ0n) is 3.35. The van der Waals surface area contributed by atoms with Crippen molar-refractivity contribution in [1.82, 2.24) is 5.48 Å². The van der Waals surface area contributed by atoms with E-state index in [-0.39, 0.29) is 0 Å². The predicted octanol–water partition coefficient (Wildman–Crippen LogP) is 0.0806. The fraction of sp³-hybridized carbons (Fsp3) is 1.00. The van der Waals surface area contributed by atoms with Crippen LogP contribution in [0.5, 0.6) is 0 Å². The molecule has 0 aromatic heterocycles. The second-order valence-corrected chi connectivity index (χ2v) is 2.44. The van der Waals surface area contributed by atoms with Crippen LogP contribution in [0.1, 0.15) is 0 Å². The molecular formula is C3H7NOS. The van der Waals surface area contributed by atoms with E-state index in [0.717, 1.165) is 11.5 Å². The first-order valence-electron chi connectivity index (χ1n) is 1.91. The molecule has 0 saturated carbocycles. The third-order valence-corrected chi connectivity index (χ3v) is 2.10. The van der Waals surface area contributed by atoms with Crippen LogP contribution < -0.4 is 5.48 Å². The molecule has 0 bridgehead atoms. The molecule has 0 atom stereocenters. The molecule has 1 aliphatic rings. The predicted molar refractivity (Wildman–Crippen MR) is 26.0 cm³/mol. The van der Waals surface area contributed by atoms with Crippen molar-refractivity contribution in [3.05, 3.63) is 0 Å². The normalized spacial score (nSPS) is 23.5. The van der Waals surface area contributed by atoms with Gasteiger partial charge in [-0.1, -0.05) is 0 Å².